The first kappa shape index (κ1) is 17.0. The second-order valence-corrected chi connectivity index (χ2v) is 7.82. The van der Waals surface area contributed by atoms with E-state index in [0.29, 0.717) is 31.5 Å². The van der Waals surface area contributed by atoms with Crippen molar-refractivity contribution < 1.29 is 4.74 Å². The van der Waals surface area contributed by atoms with Gasteiger partial charge in [-0.2, -0.15) is 9.97 Å². The van der Waals surface area contributed by atoms with Gasteiger partial charge in [-0.3, -0.25) is 0 Å². The number of fused-ring (bicyclic) bond motifs is 1. The van der Waals surface area contributed by atoms with Crippen LogP contribution in [0, 0.1) is 0 Å². The predicted molar refractivity (Wildman–Crippen MR) is 100 cm³/mol. The average molecular weight is 355 g/mol. The Kier molecular flexibility index (Phi) is 4.14. The van der Waals surface area contributed by atoms with E-state index < -0.39 is 0 Å². The fourth-order valence-corrected chi connectivity index (χ4v) is 3.18. The van der Waals surface area contributed by atoms with Crippen molar-refractivity contribution in [3.05, 3.63) is 29.3 Å². The van der Waals surface area contributed by atoms with Crippen molar-refractivity contribution in [1.82, 2.24) is 19.9 Å². The van der Waals surface area contributed by atoms with Gasteiger partial charge in [-0.1, -0.05) is 20.8 Å². The van der Waals surface area contributed by atoms with Crippen molar-refractivity contribution in [3.63, 3.8) is 0 Å². The molecule has 2 aromatic heterocycles. The Hall–Kier alpha value is -2.48. The summed E-state index contributed by atoms with van der Waals surface area (Å²) in [6.07, 6.45) is 1.94. The quantitative estimate of drug-likeness (QED) is 0.866. The Balaban J connectivity index is 1.59. The van der Waals surface area contributed by atoms with Crippen molar-refractivity contribution in [2.45, 2.75) is 39.3 Å². The molecule has 2 aliphatic heterocycles. The van der Waals surface area contributed by atoms with Gasteiger partial charge in [0.2, 0.25) is 5.95 Å². The molecule has 4 heterocycles. The maximum atomic E-state index is 6.06. The van der Waals surface area contributed by atoms with Crippen LogP contribution in [0.3, 0.4) is 0 Å². The second-order valence-electron chi connectivity index (χ2n) is 7.82. The molecule has 1 fully saturated rings. The van der Waals surface area contributed by atoms with Crippen LogP contribution in [0.25, 0.3) is 0 Å². The molecule has 0 aromatic carbocycles. The van der Waals surface area contributed by atoms with Crippen molar-refractivity contribution in [1.29, 1.82) is 0 Å². The molecule has 0 radical (unpaired) electrons. The minimum atomic E-state index is -0.0642. The molecule has 8 nitrogen and oxygen atoms in total. The van der Waals surface area contributed by atoms with Crippen molar-refractivity contribution in [2.75, 3.05) is 41.8 Å². The first-order valence-corrected chi connectivity index (χ1v) is 8.97. The zero-order valence-electron chi connectivity index (χ0n) is 15.6. The molecule has 1 saturated heterocycles. The highest BCUT2D eigenvalue weighted by atomic mass is 16.5. The maximum Gasteiger partial charge on any atom is 0.229 e. The van der Waals surface area contributed by atoms with Crippen LogP contribution in [0.1, 0.15) is 37.9 Å². The summed E-state index contributed by atoms with van der Waals surface area (Å²) < 4.78 is 5.41. The highest BCUT2D eigenvalue weighted by Crippen LogP contribution is 2.29. The maximum absolute atomic E-state index is 6.06. The SMILES string of the molecule is CC(C)(C)c1ncc2c(n1)CN(c1cc(N)nc(N3CCOCC3)n1)C2. The molecule has 26 heavy (non-hydrogen) atoms. The van der Waals surface area contributed by atoms with E-state index in [2.05, 4.69) is 40.5 Å². The Labute approximate surface area is 153 Å². The number of nitrogens with two attached hydrogens (primary N) is 1. The van der Waals surface area contributed by atoms with E-state index in [1.54, 1.807) is 0 Å². The van der Waals surface area contributed by atoms with Crippen LogP contribution in [0.15, 0.2) is 12.3 Å². The minimum absolute atomic E-state index is 0.0642. The number of nitrogen functional groups attached to an aromatic ring is 1. The monoisotopic (exact) mass is 355 g/mol. The van der Waals surface area contributed by atoms with Crippen LogP contribution in [0.4, 0.5) is 17.6 Å². The smallest absolute Gasteiger partial charge is 0.229 e. The zero-order chi connectivity index (χ0) is 18.3. The van der Waals surface area contributed by atoms with Gasteiger partial charge >= 0.3 is 0 Å². The third-order valence-corrected chi connectivity index (χ3v) is 4.67. The summed E-state index contributed by atoms with van der Waals surface area (Å²) in [5.41, 5.74) is 8.20. The summed E-state index contributed by atoms with van der Waals surface area (Å²) in [5.74, 6) is 2.85. The Morgan fingerprint density at radius 1 is 1.04 bits per heavy atom. The topological polar surface area (TPSA) is 93.3 Å². The highest BCUT2D eigenvalue weighted by molar-refractivity contribution is 5.54. The summed E-state index contributed by atoms with van der Waals surface area (Å²) in [7, 11) is 0. The predicted octanol–water partition coefficient (Wildman–Crippen LogP) is 1.50. The molecule has 0 aliphatic carbocycles. The van der Waals surface area contributed by atoms with Crippen LogP contribution < -0.4 is 15.5 Å². The van der Waals surface area contributed by atoms with Gasteiger partial charge in [0, 0.05) is 42.9 Å². The second kappa shape index (κ2) is 6.35. The highest BCUT2D eigenvalue weighted by Gasteiger charge is 2.26. The van der Waals surface area contributed by atoms with E-state index in [9.17, 15) is 0 Å². The van der Waals surface area contributed by atoms with Gasteiger partial charge in [0.15, 0.2) is 0 Å². The van der Waals surface area contributed by atoms with Crippen LogP contribution in [-0.4, -0.2) is 46.2 Å². The van der Waals surface area contributed by atoms with Gasteiger partial charge < -0.3 is 20.3 Å². The summed E-state index contributed by atoms with van der Waals surface area (Å²) in [5, 5.41) is 0. The van der Waals surface area contributed by atoms with Gasteiger partial charge in [0.25, 0.3) is 0 Å². The summed E-state index contributed by atoms with van der Waals surface area (Å²) in [6.45, 7) is 10.8. The summed E-state index contributed by atoms with van der Waals surface area (Å²) in [4.78, 5) is 22.8. The normalized spacial score (nSPS) is 17.5. The molecule has 0 saturated carbocycles. The lowest BCUT2D eigenvalue weighted by atomic mass is 9.95. The third kappa shape index (κ3) is 3.29. The molecule has 2 aliphatic rings. The number of hydrogen-bond acceptors (Lipinski definition) is 8. The fraction of sp³-hybridized carbons (Fsp3) is 0.556. The number of aromatic nitrogens is 4. The van der Waals surface area contributed by atoms with E-state index in [1.165, 1.54) is 0 Å². The van der Waals surface area contributed by atoms with Gasteiger partial charge in [-0.25, -0.2) is 9.97 Å². The standard InChI is InChI=1S/C18H25N7O/c1-18(2,3)16-20-9-12-10-25(11-13(12)21-16)15-8-14(19)22-17(23-15)24-4-6-26-7-5-24/h8-9H,4-7,10-11H2,1-3H3,(H2,19,22,23). The summed E-state index contributed by atoms with van der Waals surface area (Å²) >= 11 is 0. The molecule has 0 atom stereocenters. The van der Waals surface area contributed by atoms with E-state index in [0.717, 1.165) is 42.5 Å². The number of rotatable bonds is 2. The van der Waals surface area contributed by atoms with Gasteiger partial charge in [0.05, 0.1) is 25.5 Å². The molecule has 0 bridgehead atoms. The number of morpholine rings is 1. The van der Waals surface area contributed by atoms with Crippen molar-refractivity contribution >= 4 is 17.6 Å². The zero-order valence-corrected chi connectivity index (χ0v) is 15.6. The molecular weight excluding hydrogens is 330 g/mol. The van der Waals surface area contributed by atoms with Gasteiger partial charge in [-0.05, 0) is 0 Å². The molecule has 2 N–H and O–H groups in total. The molecule has 0 spiro atoms. The van der Waals surface area contributed by atoms with Crippen molar-refractivity contribution in [2.24, 2.45) is 0 Å². The van der Waals surface area contributed by atoms with Crippen LogP contribution in [0.2, 0.25) is 0 Å². The molecule has 138 valence electrons. The lowest BCUT2D eigenvalue weighted by Crippen LogP contribution is -2.37. The van der Waals surface area contributed by atoms with Crippen LogP contribution >= 0.6 is 0 Å². The van der Waals surface area contributed by atoms with E-state index in [1.807, 2.05) is 12.3 Å². The molecule has 0 amide bonds. The van der Waals surface area contributed by atoms with Crippen molar-refractivity contribution in [3.8, 4) is 0 Å². The molecule has 4 rings (SSSR count). The lowest BCUT2D eigenvalue weighted by molar-refractivity contribution is 0.122. The third-order valence-electron chi connectivity index (χ3n) is 4.67. The Morgan fingerprint density at radius 2 is 1.81 bits per heavy atom. The van der Waals surface area contributed by atoms with Crippen LogP contribution in [-0.2, 0) is 23.2 Å². The minimum Gasteiger partial charge on any atom is -0.383 e. The average Bonchev–Trinajstić information content (AvgIpc) is 3.04. The number of ether oxygens (including phenoxy) is 1. The van der Waals surface area contributed by atoms with Gasteiger partial charge in [0.1, 0.15) is 17.5 Å². The molecular formula is C18H25N7O. The van der Waals surface area contributed by atoms with Crippen LogP contribution in [0.5, 0.6) is 0 Å². The molecule has 0 unspecified atom stereocenters. The first-order valence-electron chi connectivity index (χ1n) is 8.97. The number of hydrogen-bond donors (Lipinski definition) is 1. The first-order chi connectivity index (χ1) is 12.4. The Morgan fingerprint density at radius 3 is 2.54 bits per heavy atom. The lowest BCUT2D eigenvalue weighted by Gasteiger charge is -2.28. The summed E-state index contributed by atoms with van der Waals surface area (Å²) in [6, 6.07) is 1.83. The number of nitrogens with zero attached hydrogens (tertiary/aromatic N) is 6. The van der Waals surface area contributed by atoms with Gasteiger partial charge in [-0.15, -0.1) is 0 Å². The largest absolute Gasteiger partial charge is 0.383 e. The fourth-order valence-electron chi connectivity index (χ4n) is 3.18. The van der Waals surface area contributed by atoms with E-state index in [4.69, 9.17) is 20.4 Å². The van der Waals surface area contributed by atoms with E-state index >= 15 is 0 Å². The van der Waals surface area contributed by atoms with E-state index in [-0.39, 0.29) is 5.41 Å². The molecule has 8 heteroatoms. The molecule has 2 aromatic rings. The number of anilines is 3. The Bertz CT molecular complexity index is 812.